The summed E-state index contributed by atoms with van der Waals surface area (Å²) >= 11 is 0. The van der Waals surface area contributed by atoms with Gasteiger partial charge in [-0.2, -0.15) is 0 Å². The van der Waals surface area contributed by atoms with Crippen molar-refractivity contribution in [2.45, 2.75) is 20.3 Å². The van der Waals surface area contributed by atoms with Gasteiger partial charge in [-0.25, -0.2) is 0 Å². The van der Waals surface area contributed by atoms with Crippen LogP contribution in [0.3, 0.4) is 0 Å². The van der Waals surface area contributed by atoms with E-state index < -0.39 is 4.92 Å². The minimum Gasteiger partial charge on any atom is -0.322 e. The van der Waals surface area contributed by atoms with E-state index in [-0.39, 0.29) is 11.6 Å². The summed E-state index contributed by atoms with van der Waals surface area (Å²) in [6.07, 6.45) is 3.58. The fraction of sp³-hybridized carbons (Fsp3) is 0.167. The smallest absolute Gasteiger partial charge is 0.276 e. The second kappa shape index (κ2) is 7.35. The molecule has 0 aliphatic rings. The predicted octanol–water partition coefficient (Wildman–Crippen LogP) is 4.12. The van der Waals surface area contributed by atoms with Crippen molar-refractivity contribution in [1.82, 2.24) is 0 Å². The highest BCUT2D eigenvalue weighted by atomic mass is 16.6. The summed E-state index contributed by atoms with van der Waals surface area (Å²) in [5.41, 5.74) is 3.20. The first kappa shape index (κ1) is 16.4. The van der Waals surface area contributed by atoms with Crippen molar-refractivity contribution in [3.05, 3.63) is 75.3 Å². The van der Waals surface area contributed by atoms with Crippen LogP contribution in [0.2, 0.25) is 0 Å². The SMILES string of the molecule is CCc1cccc(C)c1NC(=O)/C=C/c1ccccc1[N+](=O)[O-]. The quantitative estimate of drug-likeness (QED) is 0.513. The molecule has 0 atom stereocenters. The third-order valence-corrected chi connectivity index (χ3v) is 3.54. The number of amides is 1. The molecule has 0 spiro atoms. The van der Waals surface area contributed by atoms with E-state index in [0.29, 0.717) is 5.56 Å². The van der Waals surface area contributed by atoms with Crippen molar-refractivity contribution < 1.29 is 9.72 Å². The first-order valence-electron chi connectivity index (χ1n) is 7.34. The van der Waals surface area contributed by atoms with Crippen LogP contribution in [-0.4, -0.2) is 10.8 Å². The van der Waals surface area contributed by atoms with Crippen molar-refractivity contribution in [3.63, 3.8) is 0 Å². The van der Waals surface area contributed by atoms with Gasteiger partial charge < -0.3 is 5.32 Å². The number of nitrogens with one attached hydrogen (secondary N) is 1. The first-order chi connectivity index (χ1) is 11.0. The minimum atomic E-state index is -0.464. The zero-order valence-corrected chi connectivity index (χ0v) is 13.1. The van der Waals surface area contributed by atoms with E-state index in [1.165, 1.54) is 18.2 Å². The summed E-state index contributed by atoms with van der Waals surface area (Å²) in [7, 11) is 0. The number of hydrogen-bond donors (Lipinski definition) is 1. The van der Waals surface area contributed by atoms with Gasteiger partial charge in [-0.3, -0.25) is 14.9 Å². The normalized spacial score (nSPS) is 10.7. The first-order valence-corrected chi connectivity index (χ1v) is 7.34. The minimum absolute atomic E-state index is 0.0262. The molecule has 0 radical (unpaired) electrons. The van der Waals surface area contributed by atoms with E-state index in [1.807, 2.05) is 32.0 Å². The van der Waals surface area contributed by atoms with Crippen LogP contribution < -0.4 is 5.32 Å². The maximum absolute atomic E-state index is 12.1. The number of anilines is 1. The van der Waals surface area contributed by atoms with Crippen LogP contribution >= 0.6 is 0 Å². The van der Waals surface area contributed by atoms with E-state index >= 15 is 0 Å². The Morgan fingerprint density at radius 2 is 1.96 bits per heavy atom. The second-order valence-electron chi connectivity index (χ2n) is 5.10. The molecular weight excluding hydrogens is 292 g/mol. The number of para-hydroxylation sites is 2. The van der Waals surface area contributed by atoms with Crippen LogP contribution in [0, 0.1) is 17.0 Å². The molecule has 2 aromatic rings. The molecule has 0 aliphatic heterocycles. The molecule has 5 nitrogen and oxygen atoms in total. The number of nitrogens with zero attached hydrogens (tertiary/aromatic N) is 1. The molecule has 0 saturated heterocycles. The summed E-state index contributed by atoms with van der Waals surface area (Å²) in [6, 6.07) is 12.2. The summed E-state index contributed by atoms with van der Waals surface area (Å²) in [6.45, 7) is 3.95. The molecule has 1 amide bonds. The van der Waals surface area contributed by atoms with Crippen molar-refractivity contribution in [3.8, 4) is 0 Å². The molecule has 0 fully saturated rings. The van der Waals surface area contributed by atoms with Gasteiger partial charge in [-0.05, 0) is 36.6 Å². The van der Waals surface area contributed by atoms with Crippen molar-refractivity contribution in [2.75, 3.05) is 5.32 Å². The van der Waals surface area contributed by atoms with Gasteiger partial charge in [0.2, 0.25) is 5.91 Å². The Balaban J connectivity index is 2.19. The van der Waals surface area contributed by atoms with Gasteiger partial charge in [0.25, 0.3) is 5.69 Å². The Morgan fingerprint density at radius 1 is 1.22 bits per heavy atom. The number of hydrogen-bond acceptors (Lipinski definition) is 3. The van der Waals surface area contributed by atoms with E-state index in [1.54, 1.807) is 18.2 Å². The third-order valence-electron chi connectivity index (χ3n) is 3.54. The van der Waals surface area contributed by atoms with Crippen molar-refractivity contribution in [1.29, 1.82) is 0 Å². The number of benzene rings is 2. The molecule has 118 valence electrons. The maximum Gasteiger partial charge on any atom is 0.276 e. The predicted molar refractivity (Wildman–Crippen MR) is 91.3 cm³/mol. The van der Waals surface area contributed by atoms with E-state index in [9.17, 15) is 14.9 Å². The van der Waals surface area contributed by atoms with Crippen molar-refractivity contribution >= 4 is 23.4 Å². The number of nitro benzene ring substituents is 1. The number of carbonyl (C=O) groups excluding carboxylic acids is 1. The lowest BCUT2D eigenvalue weighted by atomic mass is 10.1. The molecule has 2 aromatic carbocycles. The molecule has 0 saturated carbocycles. The largest absolute Gasteiger partial charge is 0.322 e. The molecule has 5 heteroatoms. The Bertz CT molecular complexity index is 767. The molecule has 23 heavy (non-hydrogen) atoms. The van der Waals surface area contributed by atoms with Crippen LogP contribution in [0.4, 0.5) is 11.4 Å². The molecule has 1 N–H and O–H groups in total. The molecule has 0 bridgehead atoms. The van der Waals surface area contributed by atoms with Crippen LogP contribution in [0.5, 0.6) is 0 Å². The van der Waals surface area contributed by atoms with Crippen LogP contribution in [0.1, 0.15) is 23.6 Å². The fourth-order valence-electron chi connectivity index (χ4n) is 2.33. The standard InChI is InChI=1S/C18H18N2O3/c1-3-14-9-6-7-13(2)18(14)19-17(21)12-11-15-8-4-5-10-16(15)20(22)23/h4-12H,3H2,1-2H3,(H,19,21)/b12-11+. The Hall–Kier alpha value is -2.95. The van der Waals surface area contributed by atoms with Gasteiger partial charge in [-0.1, -0.05) is 37.3 Å². The molecule has 0 unspecified atom stereocenters. The highest BCUT2D eigenvalue weighted by Crippen LogP contribution is 2.22. The monoisotopic (exact) mass is 310 g/mol. The highest BCUT2D eigenvalue weighted by molar-refractivity contribution is 6.03. The van der Waals surface area contributed by atoms with E-state index in [2.05, 4.69) is 5.32 Å². The summed E-state index contributed by atoms with van der Waals surface area (Å²) in [4.78, 5) is 22.6. The van der Waals surface area contributed by atoms with Crippen LogP contribution in [-0.2, 0) is 11.2 Å². The topological polar surface area (TPSA) is 72.2 Å². The number of rotatable bonds is 5. The average molecular weight is 310 g/mol. The third kappa shape index (κ3) is 4.03. The van der Waals surface area contributed by atoms with Gasteiger partial charge in [0, 0.05) is 17.8 Å². The van der Waals surface area contributed by atoms with E-state index in [4.69, 9.17) is 0 Å². The molecule has 0 aromatic heterocycles. The van der Waals surface area contributed by atoms with Crippen LogP contribution in [0.25, 0.3) is 6.08 Å². The Kier molecular flexibility index (Phi) is 5.25. The van der Waals surface area contributed by atoms with Gasteiger partial charge in [0.05, 0.1) is 10.5 Å². The number of nitro groups is 1. The molecule has 0 heterocycles. The van der Waals surface area contributed by atoms with Crippen LogP contribution in [0.15, 0.2) is 48.5 Å². The maximum atomic E-state index is 12.1. The van der Waals surface area contributed by atoms with Crippen molar-refractivity contribution in [2.24, 2.45) is 0 Å². The van der Waals surface area contributed by atoms with Gasteiger partial charge in [0.15, 0.2) is 0 Å². The molecule has 0 aliphatic carbocycles. The average Bonchev–Trinajstić information content (AvgIpc) is 2.55. The van der Waals surface area contributed by atoms with Gasteiger partial charge >= 0.3 is 0 Å². The molecular formula is C18H18N2O3. The number of aryl methyl sites for hydroxylation is 2. The Morgan fingerprint density at radius 3 is 2.65 bits per heavy atom. The zero-order chi connectivity index (χ0) is 16.8. The lowest BCUT2D eigenvalue weighted by Gasteiger charge is -2.11. The highest BCUT2D eigenvalue weighted by Gasteiger charge is 2.10. The lowest BCUT2D eigenvalue weighted by molar-refractivity contribution is -0.385. The lowest BCUT2D eigenvalue weighted by Crippen LogP contribution is -2.11. The zero-order valence-electron chi connectivity index (χ0n) is 13.1. The van der Waals surface area contributed by atoms with E-state index in [0.717, 1.165) is 23.2 Å². The number of carbonyl (C=O) groups is 1. The Labute approximate surface area is 134 Å². The molecule has 2 rings (SSSR count). The summed E-state index contributed by atoms with van der Waals surface area (Å²) in [5.74, 6) is -0.313. The fourth-order valence-corrected chi connectivity index (χ4v) is 2.33. The van der Waals surface area contributed by atoms with Gasteiger partial charge in [-0.15, -0.1) is 0 Å². The van der Waals surface area contributed by atoms with Gasteiger partial charge in [0.1, 0.15) is 0 Å². The second-order valence-corrected chi connectivity index (χ2v) is 5.10. The summed E-state index contributed by atoms with van der Waals surface area (Å²) < 4.78 is 0. The summed E-state index contributed by atoms with van der Waals surface area (Å²) in [5, 5.41) is 13.8.